The summed E-state index contributed by atoms with van der Waals surface area (Å²) in [6.45, 7) is 4.90. The van der Waals surface area contributed by atoms with Crippen molar-refractivity contribution in [3.05, 3.63) is 500 Å². The summed E-state index contributed by atoms with van der Waals surface area (Å²) >= 11 is 19.8. The number of anilines is 9. The van der Waals surface area contributed by atoms with Crippen LogP contribution in [0.25, 0.3) is 88.3 Å². The zero-order valence-electron chi connectivity index (χ0n) is 71.6. The Kier molecular flexibility index (Phi) is 21.3. The van der Waals surface area contributed by atoms with Crippen molar-refractivity contribution in [1.82, 2.24) is 0 Å². The SMILES string of the molecule is C[Si]1(C)c2cc(Cl)ccc2-c2cc(N(c3ccccc3)c3cccc4c3oc3ccccc34)c3ccccc3c21.Clc1cccc(-c2ccc3c(c2)[Si](c2ccccc2)(c2ccccc2)c2ccc(N(c4ccccc4)c4ccccc4)cc2-3)c1.Clc1ccccc1-c1ccc2c(c1)[Si](c1ccccc1)(c1ccccc1)c1ccc(N(c3ccccc3)c3ccccc3)cc1-2. The first kappa shape index (κ1) is 81.2. The molecule has 21 aromatic rings. The van der Waals surface area contributed by atoms with Crippen LogP contribution in [0.5, 0.6) is 0 Å². The predicted octanol–water partition coefficient (Wildman–Crippen LogP) is 27.3. The number of para-hydroxylation sites is 7. The summed E-state index contributed by atoms with van der Waals surface area (Å²) in [6.07, 6.45) is 0. The number of furan rings is 1. The Morgan fingerprint density at radius 3 is 1.09 bits per heavy atom. The number of benzene rings is 20. The second kappa shape index (κ2) is 34.2. The summed E-state index contributed by atoms with van der Waals surface area (Å²) in [6, 6.07) is 175. The lowest BCUT2D eigenvalue weighted by Gasteiger charge is -2.32. The van der Waals surface area contributed by atoms with Crippen LogP contribution >= 0.6 is 34.8 Å². The standard InChI is InChI=1S/2C42H30ClNSi.C36H26ClNOSi/c43-33-15-13-14-31(28-33)32-24-26-39-40-30-36(44(34-16-5-1-6-17-34)35-18-7-2-8-19-35)25-27-41(40)45(42(39)29-32,37-20-9-3-10-21-37)38-22-11-4-12-23-38;43-40-24-14-13-23-37(40)31-25-27-38-39-30-34(44(32-15-5-1-6-16-32)33-17-7-2-8-18-33)26-28-41(39)45(42(38)29-31,35-19-9-3-10-20-35)36-21-11-4-12-22-36;1-40(2)34-21-23(37)19-20-27(34)30-22-32(25-13-6-7-15-29(25)36(30)40)38(24-11-4-3-5-12-24)31-17-10-16-28-26-14-8-9-18-33(26)39-35(28)31/h2*1-30H;3-22H,1-2H3. The van der Waals surface area contributed by atoms with Gasteiger partial charge in [-0.05, 0) is 241 Å². The molecule has 0 bridgehead atoms. The predicted molar refractivity (Wildman–Crippen MR) is 561 cm³/mol. The van der Waals surface area contributed by atoms with E-state index in [1.165, 1.54) is 102 Å². The van der Waals surface area contributed by atoms with E-state index in [0.29, 0.717) is 0 Å². The molecule has 3 aliphatic rings. The van der Waals surface area contributed by atoms with E-state index in [4.69, 9.17) is 39.2 Å². The molecule has 0 radical (unpaired) electrons. The summed E-state index contributed by atoms with van der Waals surface area (Å²) in [5, 5.41) is 21.2. The topological polar surface area (TPSA) is 22.9 Å². The van der Waals surface area contributed by atoms with Crippen LogP contribution < -0.4 is 66.6 Å². The number of halogens is 3. The first-order chi connectivity index (χ1) is 64.0. The first-order valence-corrected chi connectivity index (χ1v) is 52.4. The number of fused-ring (bicyclic) bond motifs is 14. The minimum atomic E-state index is -2.69. The number of rotatable bonds is 15. The fourth-order valence-electron chi connectivity index (χ4n) is 20.9. The van der Waals surface area contributed by atoms with Crippen LogP contribution in [0, 0.1) is 0 Å². The molecular formula is C120H86Cl3N3OSi3. The van der Waals surface area contributed by atoms with Crippen molar-refractivity contribution in [3.63, 3.8) is 0 Å². The van der Waals surface area contributed by atoms with Crippen molar-refractivity contribution < 1.29 is 4.42 Å². The normalized spacial score (nSPS) is 13.0. The van der Waals surface area contributed by atoms with E-state index in [-0.39, 0.29) is 0 Å². The van der Waals surface area contributed by atoms with E-state index in [2.05, 4.69) is 471 Å². The van der Waals surface area contributed by atoms with Crippen molar-refractivity contribution in [2.75, 3.05) is 14.7 Å². The Balaban J connectivity index is 0.000000115. The van der Waals surface area contributed by atoms with Crippen LogP contribution in [0.2, 0.25) is 28.2 Å². The minimum Gasteiger partial charge on any atom is -0.454 e. The second-order valence-corrected chi connectivity index (χ2v) is 47.1. The molecule has 4 heterocycles. The van der Waals surface area contributed by atoms with Gasteiger partial charge in [-0.15, -0.1) is 0 Å². The lowest BCUT2D eigenvalue weighted by molar-refractivity contribution is 0.669. The van der Waals surface area contributed by atoms with Crippen LogP contribution in [-0.4, -0.2) is 24.2 Å². The van der Waals surface area contributed by atoms with Gasteiger partial charge in [0.15, 0.2) is 21.7 Å². The molecule has 24 rings (SSSR count). The maximum absolute atomic E-state index is 6.78. The molecule has 0 fully saturated rings. The fraction of sp³-hybridized carbons (Fsp3) is 0.0167. The van der Waals surface area contributed by atoms with E-state index < -0.39 is 24.2 Å². The molecule has 620 valence electrons. The Morgan fingerprint density at radius 2 is 0.600 bits per heavy atom. The number of nitrogens with zero attached hydrogens (tertiary/aromatic N) is 3. The highest BCUT2D eigenvalue weighted by atomic mass is 35.5. The van der Waals surface area contributed by atoms with Crippen LogP contribution in [0.15, 0.2) is 490 Å². The Morgan fingerprint density at radius 1 is 0.215 bits per heavy atom. The molecular weight excluding hydrogens is 1690 g/mol. The van der Waals surface area contributed by atoms with E-state index >= 15 is 0 Å². The third-order valence-corrected chi connectivity index (χ3v) is 40.5. The maximum Gasteiger partial charge on any atom is 0.180 e. The minimum absolute atomic E-state index is 0.748. The third kappa shape index (κ3) is 14.0. The van der Waals surface area contributed by atoms with Gasteiger partial charge < -0.3 is 19.1 Å². The van der Waals surface area contributed by atoms with Gasteiger partial charge in [0.05, 0.1) is 11.4 Å². The van der Waals surface area contributed by atoms with E-state index in [1.54, 1.807) is 0 Å². The lowest BCUT2D eigenvalue weighted by atomic mass is 9.98. The van der Waals surface area contributed by atoms with Crippen LogP contribution in [-0.2, 0) is 0 Å². The van der Waals surface area contributed by atoms with Crippen molar-refractivity contribution in [2.24, 2.45) is 0 Å². The summed E-state index contributed by atoms with van der Waals surface area (Å²) in [4.78, 5) is 7.08. The first-order valence-electron chi connectivity index (χ1n) is 44.2. The van der Waals surface area contributed by atoms with Gasteiger partial charge in [-0.2, -0.15) is 0 Å². The van der Waals surface area contributed by atoms with Gasteiger partial charge in [0.1, 0.15) is 13.7 Å². The molecule has 0 aliphatic carbocycles. The molecule has 4 nitrogen and oxygen atoms in total. The molecule has 0 atom stereocenters. The molecule has 3 aliphatic heterocycles. The van der Waals surface area contributed by atoms with E-state index in [0.717, 1.165) is 105 Å². The van der Waals surface area contributed by atoms with Crippen molar-refractivity contribution >= 4 is 195 Å². The molecule has 0 amide bonds. The van der Waals surface area contributed by atoms with Gasteiger partial charge in [-0.3, -0.25) is 0 Å². The van der Waals surface area contributed by atoms with E-state index in [9.17, 15) is 0 Å². The van der Waals surface area contributed by atoms with Gasteiger partial charge in [-0.25, -0.2) is 0 Å². The van der Waals surface area contributed by atoms with Gasteiger partial charge in [0.25, 0.3) is 0 Å². The summed E-state index contributed by atoms with van der Waals surface area (Å²) in [7, 11) is -7.34. The number of hydrogen-bond donors (Lipinski definition) is 0. The zero-order chi connectivity index (χ0) is 87.4. The summed E-state index contributed by atoms with van der Waals surface area (Å²) < 4.78 is 6.57. The Hall–Kier alpha value is -14.6. The highest BCUT2D eigenvalue weighted by Crippen LogP contribution is 2.49. The van der Waals surface area contributed by atoms with Gasteiger partial charge in [0, 0.05) is 76.6 Å². The number of hydrogen-bond acceptors (Lipinski definition) is 4. The van der Waals surface area contributed by atoms with Gasteiger partial charge in [-0.1, -0.05) is 400 Å². The van der Waals surface area contributed by atoms with Crippen LogP contribution in [0.3, 0.4) is 0 Å². The third-order valence-electron chi connectivity index (χ3n) is 26.5. The molecule has 0 N–H and O–H groups in total. The van der Waals surface area contributed by atoms with Gasteiger partial charge >= 0.3 is 0 Å². The van der Waals surface area contributed by atoms with Crippen molar-refractivity contribution in [2.45, 2.75) is 13.1 Å². The maximum atomic E-state index is 6.78. The lowest BCUT2D eigenvalue weighted by Crippen LogP contribution is -2.72. The monoisotopic (exact) mass is 1770 g/mol. The van der Waals surface area contributed by atoms with Crippen molar-refractivity contribution in [1.29, 1.82) is 0 Å². The van der Waals surface area contributed by atoms with Crippen LogP contribution in [0.4, 0.5) is 51.2 Å². The average Bonchev–Trinajstić information content (AvgIpc) is 1.53. The largest absolute Gasteiger partial charge is 0.454 e. The molecule has 1 aromatic heterocycles. The quantitative estimate of drug-likeness (QED) is 0.0954. The van der Waals surface area contributed by atoms with Gasteiger partial charge in [0.2, 0.25) is 0 Å². The Bertz CT molecular complexity index is 7650. The van der Waals surface area contributed by atoms with E-state index in [1.807, 2.05) is 42.5 Å². The summed E-state index contributed by atoms with van der Waals surface area (Å²) in [5.74, 6) is 0. The fourth-order valence-corrected chi connectivity index (χ4v) is 35.4. The molecule has 10 heteroatoms. The molecule has 0 spiro atoms. The Labute approximate surface area is 776 Å². The highest BCUT2D eigenvalue weighted by Gasteiger charge is 2.51. The molecule has 20 aromatic carbocycles. The summed E-state index contributed by atoms with van der Waals surface area (Å²) in [5.41, 5.74) is 24.2. The molecule has 0 saturated carbocycles. The second-order valence-electron chi connectivity index (χ2n) is 34.0. The average molecular weight is 1780 g/mol. The van der Waals surface area contributed by atoms with Crippen molar-refractivity contribution in [3.8, 4) is 55.6 Å². The zero-order valence-corrected chi connectivity index (χ0v) is 76.8. The smallest absolute Gasteiger partial charge is 0.180 e. The molecule has 0 saturated heterocycles. The molecule has 0 unspecified atom stereocenters. The highest BCUT2D eigenvalue weighted by molar-refractivity contribution is 7.23. The molecule has 130 heavy (non-hydrogen) atoms. The van der Waals surface area contributed by atoms with Crippen LogP contribution in [0.1, 0.15) is 0 Å².